The summed E-state index contributed by atoms with van der Waals surface area (Å²) in [5, 5.41) is 2.82. The molecule has 0 unspecified atom stereocenters. The van der Waals surface area contributed by atoms with Crippen molar-refractivity contribution in [3.8, 4) is 5.75 Å². The van der Waals surface area contributed by atoms with Gasteiger partial charge in [-0.25, -0.2) is 8.42 Å². The first-order valence-electron chi connectivity index (χ1n) is 8.16. The SMILES string of the molecule is O=C(NCCOc1ccc(S(=O)(=O)N2CCOCC2)cc1)C1CC1. The average Bonchev–Trinajstić information content (AvgIpc) is 3.45. The second-order valence-electron chi connectivity index (χ2n) is 5.90. The van der Waals surface area contributed by atoms with Gasteiger partial charge in [-0.15, -0.1) is 0 Å². The van der Waals surface area contributed by atoms with Gasteiger partial charge in [0.2, 0.25) is 15.9 Å². The molecular formula is C16H22N2O5S. The lowest BCUT2D eigenvalue weighted by Gasteiger charge is -2.26. The van der Waals surface area contributed by atoms with Crippen molar-refractivity contribution in [1.29, 1.82) is 0 Å². The molecule has 1 saturated heterocycles. The molecule has 1 aliphatic carbocycles. The monoisotopic (exact) mass is 354 g/mol. The molecule has 1 aliphatic heterocycles. The summed E-state index contributed by atoms with van der Waals surface area (Å²) < 4.78 is 37.1. The molecule has 7 nitrogen and oxygen atoms in total. The zero-order valence-corrected chi connectivity index (χ0v) is 14.3. The number of ether oxygens (including phenoxy) is 2. The first kappa shape index (κ1) is 17.2. The van der Waals surface area contributed by atoms with Crippen LogP contribution < -0.4 is 10.1 Å². The number of nitrogens with one attached hydrogen (secondary N) is 1. The Hall–Kier alpha value is -1.64. The van der Waals surface area contributed by atoms with Crippen LogP contribution in [0.15, 0.2) is 29.2 Å². The molecule has 1 amide bonds. The van der Waals surface area contributed by atoms with Crippen molar-refractivity contribution in [1.82, 2.24) is 9.62 Å². The van der Waals surface area contributed by atoms with Crippen LogP contribution in [0.1, 0.15) is 12.8 Å². The second-order valence-corrected chi connectivity index (χ2v) is 7.84. The van der Waals surface area contributed by atoms with Crippen molar-refractivity contribution in [3.05, 3.63) is 24.3 Å². The predicted molar refractivity (Wildman–Crippen MR) is 87.2 cm³/mol. The van der Waals surface area contributed by atoms with E-state index in [1.54, 1.807) is 24.3 Å². The van der Waals surface area contributed by atoms with Gasteiger partial charge in [0.25, 0.3) is 0 Å². The smallest absolute Gasteiger partial charge is 0.243 e. The van der Waals surface area contributed by atoms with E-state index < -0.39 is 10.0 Å². The molecule has 2 fully saturated rings. The number of morpholine rings is 1. The quantitative estimate of drug-likeness (QED) is 0.726. The zero-order valence-electron chi connectivity index (χ0n) is 13.4. The van der Waals surface area contributed by atoms with Gasteiger partial charge >= 0.3 is 0 Å². The fourth-order valence-corrected chi connectivity index (χ4v) is 3.88. The van der Waals surface area contributed by atoms with Gasteiger partial charge in [0.05, 0.1) is 24.7 Å². The van der Waals surface area contributed by atoms with Crippen LogP contribution in [-0.2, 0) is 19.6 Å². The van der Waals surface area contributed by atoms with Gasteiger partial charge in [-0.1, -0.05) is 0 Å². The third-order valence-electron chi connectivity index (χ3n) is 4.05. The molecule has 24 heavy (non-hydrogen) atoms. The number of nitrogens with zero attached hydrogens (tertiary/aromatic N) is 1. The van der Waals surface area contributed by atoms with Gasteiger partial charge in [0, 0.05) is 19.0 Å². The summed E-state index contributed by atoms with van der Waals surface area (Å²) in [5.41, 5.74) is 0. The molecule has 1 N–H and O–H groups in total. The molecule has 2 aliphatic rings. The van der Waals surface area contributed by atoms with Gasteiger partial charge in [0.15, 0.2) is 0 Å². The zero-order chi connectivity index (χ0) is 17.0. The highest BCUT2D eigenvalue weighted by Crippen LogP contribution is 2.28. The molecule has 3 rings (SSSR count). The number of hydrogen-bond donors (Lipinski definition) is 1. The van der Waals surface area contributed by atoms with E-state index in [9.17, 15) is 13.2 Å². The molecule has 0 spiro atoms. The van der Waals surface area contributed by atoms with Gasteiger partial charge in [-0.3, -0.25) is 4.79 Å². The van der Waals surface area contributed by atoms with Crippen LogP contribution in [0.4, 0.5) is 0 Å². The first-order valence-corrected chi connectivity index (χ1v) is 9.60. The van der Waals surface area contributed by atoms with E-state index >= 15 is 0 Å². The molecule has 0 radical (unpaired) electrons. The number of hydrogen-bond acceptors (Lipinski definition) is 5. The fourth-order valence-electron chi connectivity index (χ4n) is 2.48. The molecule has 0 bridgehead atoms. The summed E-state index contributed by atoms with van der Waals surface area (Å²) in [6, 6.07) is 6.36. The minimum atomic E-state index is -3.48. The maximum absolute atomic E-state index is 12.5. The van der Waals surface area contributed by atoms with Crippen LogP contribution in [-0.4, -0.2) is 58.1 Å². The Morgan fingerprint density at radius 3 is 2.50 bits per heavy atom. The normalized spacial score (nSPS) is 19.0. The Kier molecular flexibility index (Phi) is 5.37. The Labute approximate surface area is 142 Å². The van der Waals surface area contributed by atoms with Crippen molar-refractivity contribution < 1.29 is 22.7 Å². The molecule has 8 heteroatoms. The van der Waals surface area contributed by atoms with E-state index in [0.717, 1.165) is 12.8 Å². The number of amides is 1. The van der Waals surface area contributed by atoms with E-state index in [1.165, 1.54) is 4.31 Å². The van der Waals surface area contributed by atoms with Crippen LogP contribution >= 0.6 is 0 Å². The molecule has 0 aromatic heterocycles. The molecule has 1 saturated carbocycles. The molecule has 1 heterocycles. The summed E-state index contributed by atoms with van der Waals surface area (Å²) in [7, 11) is -3.48. The van der Waals surface area contributed by atoms with Crippen molar-refractivity contribution in [2.24, 2.45) is 5.92 Å². The number of carbonyl (C=O) groups is 1. The van der Waals surface area contributed by atoms with Crippen LogP contribution in [0.25, 0.3) is 0 Å². The van der Waals surface area contributed by atoms with Gasteiger partial charge in [-0.05, 0) is 37.1 Å². The summed E-state index contributed by atoms with van der Waals surface area (Å²) in [6.07, 6.45) is 1.96. The van der Waals surface area contributed by atoms with Crippen LogP contribution in [0.5, 0.6) is 5.75 Å². The standard InChI is InChI=1S/C16H22N2O5S/c19-16(13-1-2-13)17-7-10-23-14-3-5-15(6-4-14)24(20,21)18-8-11-22-12-9-18/h3-6,13H,1-2,7-12H2,(H,17,19). The van der Waals surface area contributed by atoms with Crippen molar-refractivity contribution in [2.75, 3.05) is 39.5 Å². The lowest BCUT2D eigenvalue weighted by atomic mass is 10.3. The molecule has 1 aromatic rings. The third-order valence-corrected chi connectivity index (χ3v) is 5.96. The number of benzene rings is 1. The van der Waals surface area contributed by atoms with E-state index in [0.29, 0.717) is 45.2 Å². The highest BCUT2D eigenvalue weighted by molar-refractivity contribution is 7.89. The molecule has 132 valence electrons. The first-order chi connectivity index (χ1) is 11.6. The summed E-state index contributed by atoms with van der Waals surface area (Å²) >= 11 is 0. The number of rotatable bonds is 7. The summed E-state index contributed by atoms with van der Waals surface area (Å²) in [4.78, 5) is 11.7. The average molecular weight is 354 g/mol. The van der Waals surface area contributed by atoms with Gasteiger partial charge in [0.1, 0.15) is 12.4 Å². The predicted octanol–water partition coefficient (Wildman–Crippen LogP) is 0.613. The van der Waals surface area contributed by atoms with Crippen molar-refractivity contribution in [2.45, 2.75) is 17.7 Å². The minimum absolute atomic E-state index is 0.0885. The highest BCUT2D eigenvalue weighted by Gasteiger charge is 2.29. The molecular weight excluding hydrogens is 332 g/mol. The summed E-state index contributed by atoms with van der Waals surface area (Å²) in [5.74, 6) is 0.858. The molecule has 1 aromatic carbocycles. The topological polar surface area (TPSA) is 84.9 Å². The Balaban J connectivity index is 1.50. The lowest BCUT2D eigenvalue weighted by Crippen LogP contribution is -2.40. The van der Waals surface area contributed by atoms with E-state index in [-0.39, 0.29) is 16.7 Å². The summed E-state index contributed by atoms with van der Waals surface area (Å²) in [6.45, 7) is 2.40. The van der Waals surface area contributed by atoms with E-state index in [2.05, 4.69) is 5.32 Å². The minimum Gasteiger partial charge on any atom is -0.492 e. The van der Waals surface area contributed by atoms with Gasteiger partial charge in [-0.2, -0.15) is 4.31 Å². The number of sulfonamides is 1. The maximum atomic E-state index is 12.5. The van der Waals surface area contributed by atoms with E-state index in [4.69, 9.17) is 9.47 Å². The molecule has 0 atom stereocenters. The van der Waals surface area contributed by atoms with Crippen LogP contribution in [0.2, 0.25) is 0 Å². The fraction of sp³-hybridized carbons (Fsp3) is 0.562. The second kappa shape index (κ2) is 7.50. The van der Waals surface area contributed by atoms with Crippen LogP contribution in [0, 0.1) is 5.92 Å². The van der Waals surface area contributed by atoms with Crippen LogP contribution in [0.3, 0.4) is 0 Å². The lowest BCUT2D eigenvalue weighted by molar-refractivity contribution is -0.122. The van der Waals surface area contributed by atoms with E-state index in [1.807, 2.05) is 0 Å². The third kappa shape index (κ3) is 4.25. The largest absolute Gasteiger partial charge is 0.492 e. The Bertz CT molecular complexity index is 664. The number of carbonyl (C=O) groups excluding carboxylic acids is 1. The van der Waals surface area contributed by atoms with Crippen molar-refractivity contribution in [3.63, 3.8) is 0 Å². The maximum Gasteiger partial charge on any atom is 0.243 e. The van der Waals surface area contributed by atoms with Crippen molar-refractivity contribution >= 4 is 15.9 Å². The Morgan fingerprint density at radius 2 is 1.88 bits per heavy atom. The van der Waals surface area contributed by atoms with Gasteiger partial charge < -0.3 is 14.8 Å². The highest BCUT2D eigenvalue weighted by atomic mass is 32.2. The Morgan fingerprint density at radius 1 is 1.21 bits per heavy atom.